The number of carbonyl (C=O) groups excluding carboxylic acids is 1. The molecule has 0 aromatic rings. The molecule has 1 unspecified atom stereocenters. The average molecular weight is 273 g/mol. The highest BCUT2D eigenvalue weighted by Gasteiger charge is 2.34. The normalized spacial score (nSPS) is 23.1. The second-order valence-electron chi connectivity index (χ2n) is 4.64. The Balaban J connectivity index is 1.62. The van der Waals surface area contributed by atoms with Crippen LogP contribution in [0, 0.1) is 0 Å². The Bertz CT molecular complexity index is 323. The summed E-state index contributed by atoms with van der Waals surface area (Å²) in [5.41, 5.74) is 0. The minimum absolute atomic E-state index is 0.265. The summed E-state index contributed by atoms with van der Waals surface area (Å²) < 4.78 is 0. The molecule has 2 rings (SSSR count). The first kappa shape index (κ1) is 13.5. The molecule has 2 amide bonds. The fourth-order valence-corrected chi connectivity index (χ4v) is 2.97. The van der Waals surface area contributed by atoms with Crippen LogP contribution in [0.5, 0.6) is 0 Å². The Morgan fingerprint density at radius 3 is 2.78 bits per heavy atom. The van der Waals surface area contributed by atoms with Crippen LogP contribution >= 0.6 is 11.8 Å². The maximum Gasteiger partial charge on any atom is 0.327 e. The summed E-state index contributed by atoms with van der Waals surface area (Å²) in [7, 11) is 0. The summed E-state index contributed by atoms with van der Waals surface area (Å²) in [6, 6.07) is -0.259. The van der Waals surface area contributed by atoms with Crippen molar-refractivity contribution >= 4 is 23.8 Å². The molecule has 2 fully saturated rings. The van der Waals surface area contributed by atoms with Gasteiger partial charge in [-0.25, -0.2) is 9.59 Å². The number of carboxylic acid groups (broad SMARTS) is 1. The quantitative estimate of drug-likeness (QED) is 0.606. The van der Waals surface area contributed by atoms with E-state index in [2.05, 4.69) is 10.6 Å². The number of amides is 2. The average Bonchev–Trinajstić information content (AvgIpc) is 3.02. The van der Waals surface area contributed by atoms with Gasteiger partial charge >= 0.3 is 12.0 Å². The number of rotatable bonds is 6. The molecule has 0 aromatic carbocycles. The van der Waals surface area contributed by atoms with E-state index in [1.165, 1.54) is 29.5 Å². The van der Waals surface area contributed by atoms with Crippen LogP contribution in [0.3, 0.4) is 0 Å². The number of nitrogens with one attached hydrogen (secondary N) is 2. The summed E-state index contributed by atoms with van der Waals surface area (Å²) in [6.07, 6.45) is 3.40. The van der Waals surface area contributed by atoms with E-state index in [-0.39, 0.29) is 6.03 Å². The molecule has 0 aromatic heterocycles. The van der Waals surface area contributed by atoms with E-state index in [0.29, 0.717) is 24.2 Å². The van der Waals surface area contributed by atoms with E-state index < -0.39 is 12.0 Å². The highest BCUT2D eigenvalue weighted by atomic mass is 32.2. The largest absolute Gasteiger partial charge is 0.480 e. The van der Waals surface area contributed by atoms with Gasteiger partial charge in [-0.3, -0.25) is 0 Å². The van der Waals surface area contributed by atoms with E-state index in [4.69, 9.17) is 5.11 Å². The fraction of sp³-hybridized carbons (Fsp3) is 0.818. The first-order valence-corrected chi connectivity index (χ1v) is 7.42. The molecule has 102 valence electrons. The third kappa shape index (κ3) is 3.78. The highest BCUT2D eigenvalue weighted by Crippen LogP contribution is 2.20. The SMILES string of the molecule is O=C(O)C1CSCN1C(=O)NCCCNC1CC1. The predicted octanol–water partition coefficient (Wildman–Crippen LogP) is 0.298. The molecule has 7 heteroatoms. The molecule has 1 aliphatic heterocycles. The van der Waals surface area contributed by atoms with Crippen molar-refractivity contribution < 1.29 is 14.7 Å². The number of hydrogen-bond acceptors (Lipinski definition) is 4. The van der Waals surface area contributed by atoms with Crippen molar-refractivity contribution in [3.8, 4) is 0 Å². The first-order valence-electron chi connectivity index (χ1n) is 6.27. The Hall–Kier alpha value is -0.950. The molecular formula is C11H19N3O3S. The van der Waals surface area contributed by atoms with Gasteiger partial charge in [0.15, 0.2) is 0 Å². The minimum Gasteiger partial charge on any atom is -0.480 e. The number of urea groups is 1. The number of thioether (sulfide) groups is 1. The summed E-state index contributed by atoms with van der Waals surface area (Å²) in [5, 5.41) is 15.1. The van der Waals surface area contributed by atoms with Crippen LogP contribution in [-0.2, 0) is 4.79 Å². The Kier molecular flexibility index (Phi) is 4.71. The molecule has 1 heterocycles. The molecule has 0 spiro atoms. The fourth-order valence-electron chi connectivity index (χ4n) is 1.83. The minimum atomic E-state index is -0.925. The molecule has 6 nitrogen and oxygen atoms in total. The van der Waals surface area contributed by atoms with Crippen LogP contribution < -0.4 is 10.6 Å². The zero-order valence-corrected chi connectivity index (χ0v) is 11.0. The standard InChI is InChI=1S/C11H19N3O3S/c15-10(16)9-6-18-7-14(9)11(17)13-5-1-4-12-8-2-3-8/h8-9,12H,1-7H2,(H,13,17)(H,15,16). The topological polar surface area (TPSA) is 81.7 Å². The maximum absolute atomic E-state index is 11.8. The van der Waals surface area contributed by atoms with Crippen molar-refractivity contribution in [1.29, 1.82) is 0 Å². The third-order valence-electron chi connectivity index (χ3n) is 3.07. The summed E-state index contributed by atoms with van der Waals surface area (Å²) in [4.78, 5) is 24.1. The van der Waals surface area contributed by atoms with Crippen molar-refractivity contribution in [3.63, 3.8) is 0 Å². The number of carboxylic acids is 1. The first-order chi connectivity index (χ1) is 8.68. The molecule has 1 saturated heterocycles. The van der Waals surface area contributed by atoms with Gasteiger partial charge in [-0.2, -0.15) is 0 Å². The number of nitrogens with zero attached hydrogens (tertiary/aromatic N) is 1. The van der Waals surface area contributed by atoms with Crippen LogP contribution in [0.1, 0.15) is 19.3 Å². The molecule has 2 aliphatic rings. The van der Waals surface area contributed by atoms with Crippen LogP contribution in [0.2, 0.25) is 0 Å². The van der Waals surface area contributed by atoms with Gasteiger partial charge in [0.05, 0.1) is 5.88 Å². The molecule has 0 radical (unpaired) electrons. The Labute approximate surface area is 110 Å². The van der Waals surface area contributed by atoms with Gasteiger partial charge in [-0.15, -0.1) is 11.8 Å². The van der Waals surface area contributed by atoms with E-state index in [1.807, 2.05) is 0 Å². The molecule has 1 aliphatic carbocycles. The molecule has 1 atom stereocenters. The number of hydrogen-bond donors (Lipinski definition) is 3. The number of carbonyl (C=O) groups is 2. The smallest absolute Gasteiger partial charge is 0.327 e. The second-order valence-corrected chi connectivity index (χ2v) is 5.64. The predicted molar refractivity (Wildman–Crippen MR) is 69.6 cm³/mol. The molecule has 18 heavy (non-hydrogen) atoms. The molecule has 1 saturated carbocycles. The van der Waals surface area contributed by atoms with Crippen molar-refractivity contribution in [2.24, 2.45) is 0 Å². The van der Waals surface area contributed by atoms with Crippen molar-refractivity contribution in [1.82, 2.24) is 15.5 Å². The summed E-state index contributed by atoms with van der Waals surface area (Å²) in [5.74, 6) is 0.0142. The lowest BCUT2D eigenvalue weighted by molar-refractivity contribution is -0.140. The van der Waals surface area contributed by atoms with Gasteiger partial charge in [0, 0.05) is 18.3 Å². The molecule has 0 bridgehead atoms. The number of aliphatic carboxylic acids is 1. The Morgan fingerprint density at radius 2 is 2.11 bits per heavy atom. The van der Waals surface area contributed by atoms with E-state index >= 15 is 0 Å². The Morgan fingerprint density at radius 1 is 1.33 bits per heavy atom. The maximum atomic E-state index is 11.8. The van der Waals surface area contributed by atoms with Crippen LogP contribution in [0.25, 0.3) is 0 Å². The highest BCUT2D eigenvalue weighted by molar-refractivity contribution is 7.99. The van der Waals surface area contributed by atoms with Gasteiger partial charge in [0.1, 0.15) is 6.04 Å². The lowest BCUT2D eigenvalue weighted by Crippen LogP contribution is -2.47. The molecular weight excluding hydrogens is 254 g/mol. The monoisotopic (exact) mass is 273 g/mol. The van der Waals surface area contributed by atoms with Crippen LogP contribution in [-0.4, -0.2) is 58.8 Å². The van der Waals surface area contributed by atoms with Gasteiger partial charge in [-0.1, -0.05) is 0 Å². The lowest BCUT2D eigenvalue weighted by atomic mass is 10.3. The van der Waals surface area contributed by atoms with Gasteiger partial charge in [-0.05, 0) is 25.8 Å². The third-order valence-corrected chi connectivity index (χ3v) is 4.08. The van der Waals surface area contributed by atoms with Gasteiger partial charge in [0.25, 0.3) is 0 Å². The molecule has 3 N–H and O–H groups in total. The van der Waals surface area contributed by atoms with Gasteiger partial charge in [0.2, 0.25) is 0 Å². The van der Waals surface area contributed by atoms with Crippen molar-refractivity contribution in [2.75, 3.05) is 24.7 Å². The van der Waals surface area contributed by atoms with Crippen LogP contribution in [0.15, 0.2) is 0 Å². The zero-order chi connectivity index (χ0) is 13.0. The summed E-state index contributed by atoms with van der Waals surface area (Å²) in [6.45, 7) is 1.49. The van der Waals surface area contributed by atoms with Crippen molar-refractivity contribution in [3.05, 3.63) is 0 Å². The summed E-state index contributed by atoms with van der Waals surface area (Å²) >= 11 is 1.47. The van der Waals surface area contributed by atoms with E-state index in [1.54, 1.807) is 0 Å². The van der Waals surface area contributed by atoms with Crippen molar-refractivity contribution in [2.45, 2.75) is 31.3 Å². The van der Waals surface area contributed by atoms with E-state index in [9.17, 15) is 9.59 Å². The second kappa shape index (κ2) is 6.29. The zero-order valence-electron chi connectivity index (χ0n) is 10.2. The lowest BCUT2D eigenvalue weighted by Gasteiger charge is -2.20. The van der Waals surface area contributed by atoms with E-state index in [0.717, 1.165) is 13.0 Å². The van der Waals surface area contributed by atoms with Crippen LogP contribution in [0.4, 0.5) is 4.79 Å². The van der Waals surface area contributed by atoms with Gasteiger partial charge < -0.3 is 20.6 Å².